The second-order valence-electron chi connectivity index (χ2n) is 8.58. The molecule has 0 bridgehead atoms. The molecule has 2 heterocycles. The minimum atomic E-state index is -3.29. The van der Waals surface area contributed by atoms with Crippen molar-refractivity contribution in [2.75, 3.05) is 20.5 Å². The number of sulfone groups is 1. The first kappa shape index (κ1) is 33.1. The van der Waals surface area contributed by atoms with Crippen LogP contribution in [0.4, 0.5) is 0 Å². The average molecular weight is 581 g/mol. The number of methoxy groups -OCH3 is 2. The summed E-state index contributed by atoms with van der Waals surface area (Å²) in [5.41, 5.74) is 3.69. The van der Waals surface area contributed by atoms with Crippen molar-refractivity contribution in [2.24, 2.45) is 0 Å². The fourth-order valence-electron chi connectivity index (χ4n) is 4.02. The molecule has 1 atom stereocenters. The van der Waals surface area contributed by atoms with Gasteiger partial charge in [0.05, 0.1) is 19.1 Å². The molecule has 0 aliphatic heterocycles. The van der Waals surface area contributed by atoms with Crippen LogP contribution >= 0.6 is 0 Å². The molecule has 4 aromatic rings. The second-order valence-corrected chi connectivity index (χ2v) is 10.6. The summed E-state index contributed by atoms with van der Waals surface area (Å²) in [7, 11) is -0.102. The highest BCUT2D eigenvalue weighted by Crippen LogP contribution is 2.35. The van der Waals surface area contributed by atoms with Gasteiger partial charge in [0, 0.05) is 36.6 Å². The van der Waals surface area contributed by atoms with Gasteiger partial charge in [-0.2, -0.15) is 4.73 Å². The first-order chi connectivity index (χ1) is 19.8. The SMILES string of the molecule is CC.CC.COc1ccc(C(Cc2cc[n+]([O-])cc2)c2ccc(OCc3cccc(S(C)(=O)=O)c3)nc2)cc1OC. The molecular weight excluding hydrogens is 540 g/mol. The molecule has 220 valence electrons. The lowest BCUT2D eigenvalue weighted by Crippen LogP contribution is -2.24. The molecule has 9 heteroatoms. The van der Waals surface area contributed by atoms with Crippen molar-refractivity contribution in [1.82, 2.24) is 4.98 Å². The van der Waals surface area contributed by atoms with Crippen LogP contribution in [0.25, 0.3) is 0 Å². The molecule has 2 aromatic carbocycles. The van der Waals surface area contributed by atoms with Gasteiger partial charge in [-0.05, 0) is 52.9 Å². The van der Waals surface area contributed by atoms with Crippen LogP contribution in [0.15, 0.2) is 90.2 Å². The van der Waals surface area contributed by atoms with Crippen molar-refractivity contribution in [3.63, 3.8) is 0 Å². The van der Waals surface area contributed by atoms with Crippen LogP contribution in [0, 0.1) is 5.21 Å². The molecular formula is C32H40N2O6S. The largest absolute Gasteiger partial charge is 0.619 e. The van der Waals surface area contributed by atoms with E-state index in [1.807, 2.05) is 58.0 Å². The fraction of sp³-hybridized carbons (Fsp3) is 0.312. The van der Waals surface area contributed by atoms with E-state index < -0.39 is 9.84 Å². The fourth-order valence-corrected chi connectivity index (χ4v) is 4.71. The van der Waals surface area contributed by atoms with Crippen molar-refractivity contribution < 1.29 is 27.4 Å². The third-order valence-corrected chi connectivity index (χ3v) is 7.11. The van der Waals surface area contributed by atoms with E-state index in [0.717, 1.165) is 27.0 Å². The monoisotopic (exact) mass is 580 g/mol. The van der Waals surface area contributed by atoms with Gasteiger partial charge in [0.15, 0.2) is 33.7 Å². The lowest BCUT2D eigenvalue weighted by molar-refractivity contribution is -0.605. The number of aromatic nitrogens is 2. The molecule has 0 spiro atoms. The van der Waals surface area contributed by atoms with Crippen LogP contribution < -0.4 is 18.9 Å². The number of pyridine rings is 2. The van der Waals surface area contributed by atoms with E-state index >= 15 is 0 Å². The van der Waals surface area contributed by atoms with E-state index in [9.17, 15) is 13.6 Å². The maximum Gasteiger partial charge on any atom is 0.213 e. The van der Waals surface area contributed by atoms with E-state index in [1.165, 1.54) is 18.6 Å². The molecule has 2 aromatic heterocycles. The van der Waals surface area contributed by atoms with Crippen LogP contribution in [0.5, 0.6) is 17.4 Å². The third-order valence-electron chi connectivity index (χ3n) is 6.00. The summed E-state index contributed by atoms with van der Waals surface area (Å²) in [4.78, 5) is 4.74. The Morgan fingerprint density at radius 2 is 1.49 bits per heavy atom. The smallest absolute Gasteiger partial charge is 0.213 e. The van der Waals surface area contributed by atoms with E-state index in [2.05, 4.69) is 4.98 Å². The first-order valence-electron chi connectivity index (χ1n) is 13.5. The predicted molar refractivity (Wildman–Crippen MR) is 161 cm³/mol. The Bertz CT molecular complexity index is 1460. The summed E-state index contributed by atoms with van der Waals surface area (Å²) in [6, 6.07) is 19.8. The van der Waals surface area contributed by atoms with Gasteiger partial charge < -0.3 is 19.4 Å². The van der Waals surface area contributed by atoms with Crippen molar-refractivity contribution in [1.29, 1.82) is 0 Å². The molecule has 0 N–H and O–H groups in total. The van der Waals surface area contributed by atoms with E-state index in [0.29, 0.717) is 23.8 Å². The molecule has 8 nitrogen and oxygen atoms in total. The van der Waals surface area contributed by atoms with Gasteiger partial charge in [0.1, 0.15) is 6.61 Å². The van der Waals surface area contributed by atoms with Gasteiger partial charge in [-0.1, -0.05) is 52.0 Å². The van der Waals surface area contributed by atoms with Crippen LogP contribution in [0.1, 0.15) is 55.9 Å². The molecule has 0 saturated heterocycles. The predicted octanol–water partition coefficient (Wildman–Crippen LogP) is 6.14. The van der Waals surface area contributed by atoms with Gasteiger partial charge >= 0.3 is 0 Å². The van der Waals surface area contributed by atoms with Gasteiger partial charge in [-0.3, -0.25) is 0 Å². The van der Waals surface area contributed by atoms with E-state index in [-0.39, 0.29) is 17.4 Å². The number of ether oxygens (including phenoxy) is 3. The first-order valence-corrected chi connectivity index (χ1v) is 15.4. The number of rotatable bonds is 10. The minimum Gasteiger partial charge on any atom is -0.619 e. The van der Waals surface area contributed by atoms with Gasteiger partial charge in [-0.15, -0.1) is 0 Å². The number of hydrogen-bond acceptors (Lipinski definition) is 7. The summed E-state index contributed by atoms with van der Waals surface area (Å²) < 4.78 is 41.1. The highest BCUT2D eigenvalue weighted by molar-refractivity contribution is 7.90. The molecule has 4 rings (SSSR count). The van der Waals surface area contributed by atoms with E-state index in [1.54, 1.807) is 56.8 Å². The molecule has 0 amide bonds. The van der Waals surface area contributed by atoms with Crippen LogP contribution in [-0.4, -0.2) is 33.9 Å². The highest BCUT2D eigenvalue weighted by atomic mass is 32.2. The van der Waals surface area contributed by atoms with Crippen molar-refractivity contribution in [2.45, 2.75) is 51.5 Å². The van der Waals surface area contributed by atoms with Crippen molar-refractivity contribution >= 4 is 9.84 Å². The average Bonchev–Trinajstić information content (AvgIpc) is 3.01. The van der Waals surface area contributed by atoms with Crippen LogP contribution in [0.2, 0.25) is 0 Å². The van der Waals surface area contributed by atoms with Gasteiger partial charge in [0.2, 0.25) is 5.88 Å². The summed E-state index contributed by atoms with van der Waals surface area (Å²) in [6.07, 6.45) is 6.54. The normalized spacial score (nSPS) is 11.2. The molecule has 0 radical (unpaired) electrons. The lowest BCUT2D eigenvalue weighted by Gasteiger charge is -2.20. The molecule has 0 saturated carbocycles. The Morgan fingerprint density at radius 3 is 2.07 bits per heavy atom. The lowest BCUT2D eigenvalue weighted by atomic mass is 9.87. The Balaban J connectivity index is 0.00000141. The summed E-state index contributed by atoms with van der Waals surface area (Å²) in [5.74, 6) is 1.61. The summed E-state index contributed by atoms with van der Waals surface area (Å²) in [5, 5.41) is 11.5. The van der Waals surface area contributed by atoms with Crippen LogP contribution in [-0.2, 0) is 22.9 Å². The van der Waals surface area contributed by atoms with E-state index in [4.69, 9.17) is 14.2 Å². The molecule has 41 heavy (non-hydrogen) atoms. The number of benzene rings is 2. The Morgan fingerprint density at radius 1 is 0.829 bits per heavy atom. The third kappa shape index (κ3) is 9.49. The Hall–Kier alpha value is -4.11. The zero-order valence-corrected chi connectivity index (χ0v) is 25.6. The molecule has 0 aliphatic carbocycles. The van der Waals surface area contributed by atoms with Gasteiger partial charge in [-0.25, -0.2) is 13.4 Å². The van der Waals surface area contributed by atoms with Crippen LogP contribution in [0.3, 0.4) is 0 Å². The quantitative estimate of drug-likeness (QED) is 0.164. The maximum absolute atomic E-state index is 11.8. The summed E-state index contributed by atoms with van der Waals surface area (Å²) >= 11 is 0. The van der Waals surface area contributed by atoms with Gasteiger partial charge in [0.25, 0.3) is 0 Å². The second kappa shape index (κ2) is 16.2. The number of nitrogens with zero attached hydrogens (tertiary/aromatic N) is 2. The Kier molecular flexibility index (Phi) is 13.1. The molecule has 1 unspecified atom stereocenters. The highest BCUT2D eigenvalue weighted by Gasteiger charge is 2.19. The standard InChI is InChI=1S/C28H28N2O6S.2C2H6/c1-34-26-9-7-22(17-27(26)35-2)25(16-20-11-13-30(31)14-12-20)23-8-10-28(29-18-23)36-19-21-5-4-6-24(15-21)37(3,32)33;2*1-2/h4-15,17-18,25H,16,19H2,1-3H3;2*1-2H3. The zero-order chi connectivity index (χ0) is 30.4. The minimum absolute atomic E-state index is 0.0738. The topological polar surface area (TPSA) is 102 Å². The zero-order valence-electron chi connectivity index (χ0n) is 24.8. The molecule has 0 aliphatic rings. The Labute approximate surface area is 244 Å². The summed E-state index contributed by atoms with van der Waals surface area (Å²) in [6.45, 7) is 8.19. The molecule has 0 fully saturated rings. The number of hydrogen-bond donors (Lipinski definition) is 0. The van der Waals surface area contributed by atoms with Crippen molar-refractivity contribution in [3.05, 3.63) is 113 Å². The maximum atomic E-state index is 11.8. The van der Waals surface area contributed by atoms with Crippen molar-refractivity contribution in [3.8, 4) is 17.4 Å².